The minimum Gasteiger partial charge on any atom is -0.467 e. The summed E-state index contributed by atoms with van der Waals surface area (Å²) in [6.07, 6.45) is 0.889. The van der Waals surface area contributed by atoms with Gasteiger partial charge < -0.3 is 9.64 Å². The summed E-state index contributed by atoms with van der Waals surface area (Å²) >= 11 is 12.0. The molecule has 1 aromatic carbocycles. The zero-order valence-electron chi connectivity index (χ0n) is 11.5. The van der Waals surface area contributed by atoms with Crippen molar-refractivity contribution in [3.05, 3.63) is 35.4 Å². The molecular weight excluding hydrogens is 313 g/mol. The lowest BCUT2D eigenvalue weighted by atomic mass is 9.93. The maximum Gasteiger partial charge on any atom is 0.328 e. The first kappa shape index (κ1) is 14.7. The smallest absolute Gasteiger partial charge is 0.328 e. The predicted molar refractivity (Wildman–Crippen MR) is 79.0 cm³/mol. The van der Waals surface area contributed by atoms with Crippen LogP contribution < -0.4 is 0 Å². The standard InChI is InChI=1S/C15H15Cl2NO3/c1-21-14(20)12-6-9-4-2-3-5-10(9)8-18(12)13(19)11-7-15(11,16)17/h2-5,11-12H,6-8H2,1H3. The molecule has 4 nitrogen and oxygen atoms in total. The highest BCUT2D eigenvalue weighted by Gasteiger charge is 2.58. The highest BCUT2D eigenvalue weighted by Crippen LogP contribution is 2.54. The monoisotopic (exact) mass is 327 g/mol. The first-order valence-electron chi connectivity index (χ1n) is 6.77. The van der Waals surface area contributed by atoms with Gasteiger partial charge in [-0.1, -0.05) is 24.3 Å². The van der Waals surface area contributed by atoms with Crippen LogP contribution in [0.1, 0.15) is 17.5 Å². The van der Waals surface area contributed by atoms with Crippen molar-refractivity contribution in [2.75, 3.05) is 7.11 Å². The van der Waals surface area contributed by atoms with Gasteiger partial charge in [0.15, 0.2) is 0 Å². The van der Waals surface area contributed by atoms with Crippen molar-refractivity contribution < 1.29 is 14.3 Å². The number of carbonyl (C=O) groups excluding carboxylic acids is 2. The Hall–Kier alpha value is -1.26. The van der Waals surface area contributed by atoms with Gasteiger partial charge in [0.05, 0.1) is 13.0 Å². The van der Waals surface area contributed by atoms with Gasteiger partial charge in [-0.15, -0.1) is 23.2 Å². The molecule has 1 heterocycles. The van der Waals surface area contributed by atoms with Crippen molar-refractivity contribution in [3.8, 4) is 0 Å². The average Bonchev–Trinajstić information content (AvgIpc) is 3.13. The van der Waals surface area contributed by atoms with E-state index in [1.165, 1.54) is 7.11 Å². The number of alkyl halides is 2. The summed E-state index contributed by atoms with van der Waals surface area (Å²) in [5, 5.41) is 0. The molecule has 1 fully saturated rings. The number of ether oxygens (including phenoxy) is 1. The first-order chi connectivity index (χ1) is 9.94. The molecule has 0 spiro atoms. The second-order valence-electron chi connectivity index (χ2n) is 5.50. The van der Waals surface area contributed by atoms with E-state index >= 15 is 0 Å². The summed E-state index contributed by atoms with van der Waals surface area (Å²) in [7, 11) is 1.33. The van der Waals surface area contributed by atoms with Crippen LogP contribution in [0.3, 0.4) is 0 Å². The maximum atomic E-state index is 12.6. The second-order valence-corrected chi connectivity index (χ2v) is 7.04. The number of rotatable bonds is 2. The summed E-state index contributed by atoms with van der Waals surface area (Å²) in [6, 6.07) is 7.17. The van der Waals surface area contributed by atoms with Crippen LogP contribution in [0.4, 0.5) is 0 Å². The van der Waals surface area contributed by atoms with E-state index in [9.17, 15) is 9.59 Å². The molecule has 0 radical (unpaired) electrons. The highest BCUT2D eigenvalue weighted by atomic mass is 35.5. The molecule has 112 valence electrons. The lowest BCUT2D eigenvalue weighted by Crippen LogP contribution is -2.50. The van der Waals surface area contributed by atoms with Gasteiger partial charge in [0.1, 0.15) is 10.4 Å². The van der Waals surface area contributed by atoms with Gasteiger partial charge in [0.25, 0.3) is 0 Å². The Morgan fingerprint density at radius 2 is 1.90 bits per heavy atom. The van der Waals surface area contributed by atoms with Gasteiger partial charge in [0, 0.05) is 13.0 Å². The second kappa shape index (κ2) is 5.18. The number of carbonyl (C=O) groups is 2. The van der Waals surface area contributed by atoms with E-state index in [1.807, 2.05) is 24.3 Å². The zero-order chi connectivity index (χ0) is 15.2. The van der Waals surface area contributed by atoms with Gasteiger partial charge in [-0.3, -0.25) is 4.79 Å². The lowest BCUT2D eigenvalue weighted by Gasteiger charge is -2.35. The Bertz CT molecular complexity index is 602. The molecule has 6 heteroatoms. The lowest BCUT2D eigenvalue weighted by molar-refractivity contribution is -0.154. The molecule has 3 rings (SSSR count). The van der Waals surface area contributed by atoms with Crippen LogP contribution in [0.5, 0.6) is 0 Å². The van der Waals surface area contributed by atoms with Gasteiger partial charge in [-0.2, -0.15) is 0 Å². The highest BCUT2D eigenvalue weighted by molar-refractivity contribution is 6.52. The van der Waals surface area contributed by atoms with E-state index in [-0.39, 0.29) is 5.91 Å². The third kappa shape index (κ3) is 2.62. The number of methoxy groups -OCH3 is 1. The van der Waals surface area contributed by atoms with Crippen LogP contribution in [-0.4, -0.2) is 34.3 Å². The Morgan fingerprint density at radius 3 is 2.48 bits per heavy atom. The molecule has 1 aliphatic carbocycles. The van der Waals surface area contributed by atoms with Gasteiger partial charge in [-0.25, -0.2) is 4.79 Å². The number of esters is 1. The van der Waals surface area contributed by atoms with Crippen LogP contribution in [0.15, 0.2) is 24.3 Å². The van der Waals surface area contributed by atoms with E-state index in [0.717, 1.165) is 11.1 Å². The predicted octanol–water partition coefficient (Wildman–Crippen LogP) is 2.31. The molecule has 2 unspecified atom stereocenters. The fourth-order valence-electron chi connectivity index (χ4n) is 2.78. The molecule has 0 aromatic heterocycles. The Labute approximate surface area is 133 Å². The fraction of sp³-hybridized carbons (Fsp3) is 0.467. The largest absolute Gasteiger partial charge is 0.467 e. The zero-order valence-corrected chi connectivity index (χ0v) is 13.0. The SMILES string of the molecule is COC(=O)C1Cc2ccccc2CN1C(=O)C1CC1(Cl)Cl. The van der Waals surface area contributed by atoms with Crippen LogP contribution in [0.25, 0.3) is 0 Å². The summed E-state index contributed by atoms with van der Waals surface area (Å²) in [6.45, 7) is 0.384. The molecule has 0 N–H and O–H groups in total. The number of nitrogens with zero attached hydrogens (tertiary/aromatic N) is 1. The molecule has 2 atom stereocenters. The average molecular weight is 328 g/mol. The summed E-state index contributed by atoms with van der Waals surface area (Å²) < 4.78 is 3.85. The molecule has 1 aromatic rings. The van der Waals surface area contributed by atoms with Crippen LogP contribution in [0.2, 0.25) is 0 Å². The van der Waals surface area contributed by atoms with Gasteiger partial charge >= 0.3 is 5.97 Å². The number of benzene rings is 1. The van der Waals surface area contributed by atoms with Crippen LogP contribution in [0, 0.1) is 5.92 Å². The van der Waals surface area contributed by atoms with E-state index in [4.69, 9.17) is 27.9 Å². The molecule has 21 heavy (non-hydrogen) atoms. The quantitative estimate of drug-likeness (QED) is 0.618. The number of amides is 1. The molecular formula is C15H15Cl2NO3. The van der Waals surface area contributed by atoms with Crippen molar-refractivity contribution in [1.82, 2.24) is 4.90 Å². The number of hydrogen-bond acceptors (Lipinski definition) is 3. The van der Waals surface area contributed by atoms with E-state index in [2.05, 4.69) is 0 Å². The van der Waals surface area contributed by atoms with E-state index in [0.29, 0.717) is 19.4 Å². The third-order valence-electron chi connectivity index (χ3n) is 4.13. The minimum absolute atomic E-state index is 0.176. The minimum atomic E-state index is -0.991. The van der Waals surface area contributed by atoms with Crippen LogP contribution >= 0.6 is 23.2 Å². The molecule has 1 aliphatic heterocycles. The van der Waals surface area contributed by atoms with Crippen molar-refractivity contribution in [3.63, 3.8) is 0 Å². The normalized spacial score (nSPS) is 26.0. The first-order valence-corrected chi connectivity index (χ1v) is 7.52. The third-order valence-corrected chi connectivity index (χ3v) is 4.96. The van der Waals surface area contributed by atoms with Crippen molar-refractivity contribution >= 4 is 35.1 Å². The Kier molecular flexibility index (Phi) is 3.62. The fourth-order valence-corrected chi connectivity index (χ4v) is 3.28. The summed E-state index contributed by atoms with van der Waals surface area (Å²) in [5.74, 6) is -1.02. The number of hydrogen-bond donors (Lipinski definition) is 0. The number of fused-ring (bicyclic) bond motifs is 1. The van der Waals surface area contributed by atoms with E-state index in [1.54, 1.807) is 4.90 Å². The Morgan fingerprint density at radius 1 is 1.29 bits per heavy atom. The molecule has 0 saturated heterocycles. The Balaban J connectivity index is 1.89. The topological polar surface area (TPSA) is 46.6 Å². The number of halogens is 2. The molecule has 2 aliphatic rings. The van der Waals surface area contributed by atoms with Gasteiger partial charge in [-0.05, 0) is 17.5 Å². The van der Waals surface area contributed by atoms with Crippen molar-refractivity contribution in [2.24, 2.45) is 5.92 Å². The summed E-state index contributed by atoms with van der Waals surface area (Å²) in [5.41, 5.74) is 2.11. The van der Waals surface area contributed by atoms with Crippen molar-refractivity contribution in [2.45, 2.75) is 29.8 Å². The maximum absolute atomic E-state index is 12.6. The van der Waals surface area contributed by atoms with Crippen LogP contribution in [-0.2, 0) is 27.3 Å². The van der Waals surface area contributed by atoms with Gasteiger partial charge in [0.2, 0.25) is 5.91 Å². The molecule has 1 saturated carbocycles. The summed E-state index contributed by atoms with van der Waals surface area (Å²) in [4.78, 5) is 26.1. The molecule has 1 amide bonds. The molecule has 0 bridgehead atoms. The van der Waals surface area contributed by atoms with Crippen molar-refractivity contribution in [1.29, 1.82) is 0 Å². The van der Waals surface area contributed by atoms with E-state index < -0.39 is 22.3 Å².